The van der Waals surface area contributed by atoms with E-state index in [1.165, 1.54) is 44.9 Å². The van der Waals surface area contributed by atoms with Gasteiger partial charge in [-0.25, -0.2) is 0 Å². The third-order valence-corrected chi connectivity index (χ3v) is 5.21. The number of likely N-dealkylation sites (tertiary alicyclic amines) is 1. The van der Waals surface area contributed by atoms with Gasteiger partial charge in [0, 0.05) is 24.7 Å². The molecule has 2 unspecified atom stereocenters. The Morgan fingerprint density at radius 3 is 2.70 bits per heavy atom. The van der Waals surface area contributed by atoms with Gasteiger partial charge in [-0.05, 0) is 58.5 Å². The highest BCUT2D eigenvalue weighted by atomic mass is 16.2. The Morgan fingerprint density at radius 1 is 1.20 bits per heavy atom. The molecular formula is C16H29N3O. The van der Waals surface area contributed by atoms with Gasteiger partial charge in [-0.1, -0.05) is 6.42 Å². The van der Waals surface area contributed by atoms with Crippen LogP contribution < -0.4 is 5.32 Å². The van der Waals surface area contributed by atoms with Crippen LogP contribution in [-0.2, 0) is 4.79 Å². The molecule has 4 nitrogen and oxygen atoms in total. The predicted octanol–water partition coefficient (Wildman–Crippen LogP) is 1.60. The first-order valence-corrected chi connectivity index (χ1v) is 8.56. The molecule has 0 bridgehead atoms. The Kier molecular flexibility index (Phi) is 4.61. The fourth-order valence-corrected chi connectivity index (χ4v) is 4.00. The molecule has 2 saturated heterocycles. The molecule has 3 aliphatic rings. The maximum absolute atomic E-state index is 12.5. The Hall–Kier alpha value is -0.610. The zero-order valence-corrected chi connectivity index (χ0v) is 12.8. The molecular weight excluding hydrogens is 250 g/mol. The van der Waals surface area contributed by atoms with Gasteiger partial charge in [0.1, 0.15) is 0 Å². The van der Waals surface area contributed by atoms with E-state index in [0.29, 0.717) is 30.6 Å². The fraction of sp³-hybridized carbons (Fsp3) is 0.938. The second-order valence-corrected chi connectivity index (χ2v) is 6.65. The SMILES string of the molecule is CCN(C(=O)CN1CCCCC1C1CCCN1)C1CC1. The average Bonchev–Trinajstić information content (AvgIpc) is 3.14. The van der Waals surface area contributed by atoms with E-state index in [4.69, 9.17) is 0 Å². The van der Waals surface area contributed by atoms with Crippen molar-refractivity contribution < 1.29 is 4.79 Å². The highest BCUT2D eigenvalue weighted by Crippen LogP contribution is 2.28. The van der Waals surface area contributed by atoms with Gasteiger partial charge in [-0.15, -0.1) is 0 Å². The lowest BCUT2D eigenvalue weighted by atomic mass is 9.94. The molecule has 20 heavy (non-hydrogen) atoms. The van der Waals surface area contributed by atoms with Crippen LogP contribution in [-0.4, -0.2) is 60.0 Å². The standard InChI is InChI=1S/C16H29N3O/c1-2-19(13-8-9-13)16(20)12-18-11-4-3-7-15(18)14-6-5-10-17-14/h13-15,17H,2-12H2,1H3. The normalized spacial score (nSPS) is 31.4. The first-order valence-electron chi connectivity index (χ1n) is 8.56. The van der Waals surface area contributed by atoms with Crippen LogP contribution in [0.25, 0.3) is 0 Å². The van der Waals surface area contributed by atoms with E-state index in [-0.39, 0.29) is 0 Å². The molecule has 2 aliphatic heterocycles. The molecule has 0 aromatic heterocycles. The number of nitrogens with zero attached hydrogens (tertiary/aromatic N) is 2. The van der Waals surface area contributed by atoms with Crippen LogP contribution in [0.3, 0.4) is 0 Å². The first kappa shape index (κ1) is 14.3. The highest BCUT2D eigenvalue weighted by molar-refractivity contribution is 5.79. The third kappa shape index (κ3) is 3.17. The third-order valence-electron chi connectivity index (χ3n) is 5.21. The van der Waals surface area contributed by atoms with Crippen molar-refractivity contribution in [3.05, 3.63) is 0 Å². The Bertz CT molecular complexity index is 337. The van der Waals surface area contributed by atoms with Crippen LogP contribution in [0.4, 0.5) is 0 Å². The maximum atomic E-state index is 12.5. The molecule has 0 aromatic rings. The average molecular weight is 279 g/mol. The quantitative estimate of drug-likeness (QED) is 0.830. The van der Waals surface area contributed by atoms with Crippen molar-refractivity contribution in [3.8, 4) is 0 Å². The summed E-state index contributed by atoms with van der Waals surface area (Å²) in [4.78, 5) is 17.1. The van der Waals surface area contributed by atoms with Gasteiger partial charge < -0.3 is 10.2 Å². The van der Waals surface area contributed by atoms with E-state index in [1.807, 2.05) is 0 Å². The topological polar surface area (TPSA) is 35.6 Å². The van der Waals surface area contributed by atoms with Crippen LogP contribution in [0.15, 0.2) is 0 Å². The summed E-state index contributed by atoms with van der Waals surface area (Å²) in [5.41, 5.74) is 0. The predicted molar refractivity (Wildman–Crippen MR) is 80.6 cm³/mol. The molecule has 1 aliphatic carbocycles. The summed E-state index contributed by atoms with van der Waals surface area (Å²) in [5, 5.41) is 3.64. The number of hydrogen-bond acceptors (Lipinski definition) is 3. The van der Waals surface area contributed by atoms with Gasteiger partial charge in [0.05, 0.1) is 6.54 Å². The molecule has 0 radical (unpaired) electrons. The lowest BCUT2D eigenvalue weighted by Crippen LogP contribution is -2.53. The molecule has 1 amide bonds. The molecule has 0 aromatic carbocycles. The van der Waals surface area contributed by atoms with Gasteiger partial charge in [0.15, 0.2) is 0 Å². The van der Waals surface area contributed by atoms with Crippen molar-refractivity contribution in [2.45, 2.75) is 70.0 Å². The summed E-state index contributed by atoms with van der Waals surface area (Å²) in [6, 6.07) is 1.77. The maximum Gasteiger partial charge on any atom is 0.236 e. The number of amides is 1. The summed E-state index contributed by atoms with van der Waals surface area (Å²) in [5.74, 6) is 0.361. The smallest absolute Gasteiger partial charge is 0.236 e. The summed E-state index contributed by atoms with van der Waals surface area (Å²) in [7, 11) is 0. The number of rotatable bonds is 5. The molecule has 0 spiro atoms. The van der Waals surface area contributed by atoms with E-state index >= 15 is 0 Å². The molecule has 3 fully saturated rings. The van der Waals surface area contributed by atoms with E-state index in [2.05, 4.69) is 22.0 Å². The van der Waals surface area contributed by atoms with E-state index < -0.39 is 0 Å². The lowest BCUT2D eigenvalue weighted by molar-refractivity contribution is -0.133. The van der Waals surface area contributed by atoms with E-state index in [1.54, 1.807) is 0 Å². The molecule has 1 N–H and O–H groups in total. The number of likely N-dealkylation sites (N-methyl/N-ethyl adjacent to an activating group) is 1. The number of piperidine rings is 1. The van der Waals surface area contributed by atoms with Crippen LogP contribution in [0.1, 0.15) is 51.9 Å². The lowest BCUT2D eigenvalue weighted by Gasteiger charge is -2.39. The zero-order chi connectivity index (χ0) is 13.9. The van der Waals surface area contributed by atoms with Crippen molar-refractivity contribution in [1.82, 2.24) is 15.1 Å². The van der Waals surface area contributed by atoms with Crippen LogP contribution >= 0.6 is 0 Å². The summed E-state index contributed by atoms with van der Waals surface area (Å²) in [6.07, 6.45) is 8.86. The minimum Gasteiger partial charge on any atom is -0.339 e. The van der Waals surface area contributed by atoms with Gasteiger partial charge in [-0.2, -0.15) is 0 Å². The number of carbonyl (C=O) groups excluding carboxylic acids is 1. The monoisotopic (exact) mass is 279 g/mol. The molecule has 2 heterocycles. The van der Waals surface area contributed by atoms with Crippen LogP contribution in [0.2, 0.25) is 0 Å². The van der Waals surface area contributed by atoms with Gasteiger partial charge in [0.2, 0.25) is 5.91 Å². The van der Waals surface area contributed by atoms with Crippen LogP contribution in [0.5, 0.6) is 0 Å². The van der Waals surface area contributed by atoms with Crippen molar-refractivity contribution in [3.63, 3.8) is 0 Å². The van der Waals surface area contributed by atoms with Gasteiger partial charge >= 0.3 is 0 Å². The van der Waals surface area contributed by atoms with Crippen molar-refractivity contribution in [2.75, 3.05) is 26.2 Å². The Morgan fingerprint density at radius 2 is 2.05 bits per heavy atom. The van der Waals surface area contributed by atoms with Crippen molar-refractivity contribution in [1.29, 1.82) is 0 Å². The van der Waals surface area contributed by atoms with Crippen molar-refractivity contribution >= 4 is 5.91 Å². The highest BCUT2D eigenvalue weighted by Gasteiger charge is 2.36. The molecule has 114 valence electrons. The molecule has 3 rings (SSSR count). The molecule has 1 saturated carbocycles. The Labute approximate surface area is 122 Å². The number of carbonyl (C=O) groups is 1. The van der Waals surface area contributed by atoms with E-state index in [9.17, 15) is 4.79 Å². The van der Waals surface area contributed by atoms with Crippen molar-refractivity contribution in [2.24, 2.45) is 0 Å². The first-order chi connectivity index (χ1) is 9.79. The minimum atomic E-state index is 0.361. The largest absolute Gasteiger partial charge is 0.339 e. The number of nitrogens with one attached hydrogen (secondary N) is 1. The second-order valence-electron chi connectivity index (χ2n) is 6.65. The Balaban J connectivity index is 1.59. The number of hydrogen-bond donors (Lipinski definition) is 1. The molecule has 2 atom stereocenters. The minimum absolute atomic E-state index is 0.361. The van der Waals surface area contributed by atoms with Crippen LogP contribution in [0, 0.1) is 0 Å². The van der Waals surface area contributed by atoms with Gasteiger partial charge in [0.25, 0.3) is 0 Å². The van der Waals surface area contributed by atoms with E-state index in [0.717, 1.165) is 19.6 Å². The summed E-state index contributed by atoms with van der Waals surface area (Å²) < 4.78 is 0. The second kappa shape index (κ2) is 6.44. The zero-order valence-electron chi connectivity index (χ0n) is 12.8. The van der Waals surface area contributed by atoms with Gasteiger partial charge in [-0.3, -0.25) is 9.69 Å². The summed E-state index contributed by atoms with van der Waals surface area (Å²) in [6.45, 7) is 5.90. The summed E-state index contributed by atoms with van der Waals surface area (Å²) >= 11 is 0. The molecule has 4 heteroatoms. The fourth-order valence-electron chi connectivity index (χ4n) is 4.00.